The van der Waals surface area contributed by atoms with Crippen molar-refractivity contribution in [3.63, 3.8) is 0 Å². The van der Waals surface area contributed by atoms with Crippen molar-refractivity contribution in [2.45, 2.75) is 47.1 Å². The minimum Gasteiger partial charge on any atom is -0.497 e. The van der Waals surface area contributed by atoms with E-state index in [0.29, 0.717) is 6.61 Å². The Morgan fingerprint density at radius 3 is 2.62 bits per heavy atom. The Kier molecular flexibility index (Phi) is 6.96. The van der Waals surface area contributed by atoms with Gasteiger partial charge < -0.3 is 14.4 Å². The fourth-order valence-corrected chi connectivity index (χ4v) is 3.93. The van der Waals surface area contributed by atoms with E-state index in [1.54, 1.807) is 7.11 Å². The van der Waals surface area contributed by atoms with Gasteiger partial charge in [0.2, 0.25) is 0 Å². The van der Waals surface area contributed by atoms with E-state index in [0.717, 1.165) is 57.8 Å². The second-order valence-electron chi connectivity index (χ2n) is 8.97. The van der Waals surface area contributed by atoms with Gasteiger partial charge >= 0.3 is 0 Å². The summed E-state index contributed by atoms with van der Waals surface area (Å²) in [5.74, 6) is 2.84. The molecule has 2 aromatic heterocycles. The molecule has 34 heavy (non-hydrogen) atoms. The quantitative estimate of drug-likeness (QED) is 0.422. The predicted molar refractivity (Wildman–Crippen MR) is 136 cm³/mol. The predicted octanol–water partition coefficient (Wildman–Crippen LogP) is 6.19. The molecule has 3 heterocycles. The fourth-order valence-electron chi connectivity index (χ4n) is 3.93. The molecule has 0 spiro atoms. The molecule has 0 saturated heterocycles. The second kappa shape index (κ2) is 10.1. The SMILES string of the molecule is COc1cccc(COC2=C(C)CN(c3cc(-c4ccnc(C(C)C)n4)ncc3C)C(C)=C2)c1. The second-order valence-corrected chi connectivity index (χ2v) is 8.97. The van der Waals surface area contributed by atoms with Crippen LogP contribution in [-0.2, 0) is 11.3 Å². The van der Waals surface area contributed by atoms with Gasteiger partial charge in [-0.1, -0.05) is 26.0 Å². The lowest BCUT2D eigenvalue weighted by Crippen LogP contribution is -2.28. The van der Waals surface area contributed by atoms with Crippen molar-refractivity contribution in [3.05, 3.63) is 88.8 Å². The van der Waals surface area contributed by atoms with E-state index in [-0.39, 0.29) is 5.92 Å². The highest BCUT2D eigenvalue weighted by molar-refractivity contribution is 5.67. The molecule has 0 N–H and O–H groups in total. The number of hydrogen-bond donors (Lipinski definition) is 0. The number of hydrogen-bond acceptors (Lipinski definition) is 6. The number of benzene rings is 1. The molecular weight excluding hydrogens is 424 g/mol. The highest BCUT2D eigenvalue weighted by Gasteiger charge is 2.20. The molecule has 3 aromatic rings. The molecule has 0 bridgehead atoms. The van der Waals surface area contributed by atoms with Crippen LogP contribution in [-0.4, -0.2) is 28.6 Å². The summed E-state index contributed by atoms with van der Waals surface area (Å²) in [6.07, 6.45) is 5.84. The van der Waals surface area contributed by atoms with E-state index in [1.165, 1.54) is 5.57 Å². The molecule has 0 atom stereocenters. The Labute approximate surface area is 202 Å². The first kappa shape index (κ1) is 23.5. The van der Waals surface area contributed by atoms with Crippen LogP contribution in [0, 0.1) is 6.92 Å². The Bertz CT molecular complexity index is 1250. The molecular formula is C28H32N4O2. The molecule has 0 saturated carbocycles. The molecule has 0 fully saturated rings. The molecule has 0 aliphatic carbocycles. The zero-order valence-corrected chi connectivity index (χ0v) is 20.8. The summed E-state index contributed by atoms with van der Waals surface area (Å²) in [5.41, 5.74) is 7.30. The lowest BCUT2D eigenvalue weighted by molar-refractivity contribution is 0.205. The average molecular weight is 457 g/mol. The summed E-state index contributed by atoms with van der Waals surface area (Å²) in [7, 11) is 1.68. The van der Waals surface area contributed by atoms with Crippen LogP contribution in [0.25, 0.3) is 11.4 Å². The van der Waals surface area contributed by atoms with E-state index < -0.39 is 0 Å². The van der Waals surface area contributed by atoms with Gasteiger partial charge in [0.15, 0.2) is 0 Å². The molecule has 0 radical (unpaired) electrons. The van der Waals surface area contributed by atoms with Crippen LogP contribution in [0.3, 0.4) is 0 Å². The molecule has 1 aliphatic rings. The van der Waals surface area contributed by atoms with Crippen molar-refractivity contribution >= 4 is 5.69 Å². The number of aryl methyl sites for hydroxylation is 1. The minimum atomic E-state index is 0.264. The van der Waals surface area contributed by atoms with Gasteiger partial charge in [0.1, 0.15) is 23.9 Å². The summed E-state index contributed by atoms with van der Waals surface area (Å²) < 4.78 is 11.5. The van der Waals surface area contributed by atoms with Gasteiger partial charge in [-0.25, -0.2) is 9.97 Å². The van der Waals surface area contributed by atoms with Crippen molar-refractivity contribution in [3.8, 4) is 17.1 Å². The summed E-state index contributed by atoms with van der Waals surface area (Å²) in [5, 5.41) is 0. The van der Waals surface area contributed by atoms with Gasteiger partial charge in [0, 0.05) is 36.2 Å². The highest BCUT2D eigenvalue weighted by atomic mass is 16.5. The molecule has 6 nitrogen and oxygen atoms in total. The summed E-state index contributed by atoms with van der Waals surface area (Å²) in [4.78, 5) is 16.1. The topological polar surface area (TPSA) is 60.4 Å². The number of aromatic nitrogens is 3. The van der Waals surface area contributed by atoms with E-state index in [2.05, 4.69) is 61.6 Å². The third-order valence-corrected chi connectivity index (χ3v) is 5.93. The van der Waals surface area contributed by atoms with E-state index in [1.807, 2.05) is 42.7 Å². The summed E-state index contributed by atoms with van der Waals surface area (Å²) in [6.45, 7) is 11.8. The largest absolute Gasteiger partial charge is 0.497 e. The van der Waals surface area contributed by atoms with Gasteiger partial charge in [-0.2, -0.15) is 0 Å². The molecule has 176 valence electrons. The zero-order chi connectivity index (χ0) is 24.2. The summed E-state index contributed by atoms with van der Waals surface area (Å²) in [6, 6.07) is 12.0. The fraction of sp³-hybridized carbons (Fsp3) is 0.321. The molecule has 0 unspecified atom stereocenters. The lowest BCUT2D eigenvalue weighted by atomic mass is 10.1. The maximum Gasteiger partial charge on any atom is 0.131 e. The van der Waals surface area contributed by atoms with Crippen molar-refractivity contribution in [1.82, 2.24) is 15.0 Å². The number of rotatable bonds is 7. The Balaban J connectivity index is 1.55. The van der Waals surface area contributed by atoms with E-state index in [4.69, 9.17) is 14.5 Å². The van der Waals surface area contributed by atoms with Crippen LogP contribution >= 0.6 is 0 Å². The summed E-state index contributed by atoms with van der Waals surface area (Å²) >= 11 is 0. The zero-order valence-electron chi connectivity index (χ0n) is 20.8. The van der Waals surface area contributed by atoms with Crippen LogP contribution in [0.4, 0.5) is 5.69 Å². The highest BCUT2D eigenvalue weighted by Crippen LogP contribution is 2.32. The van der Waals surface area contributed by atoms with Crippen LogP contribution in [0.15, 0.2) is 71.9 Å². The third-order valence-electron chi connectivity index (χ3n) is 5.93. The van der Waals surface area contributed by atoms with Gasteiger partial charge in [-0.3, -0.25) is 4.98 Å². The number of nitrogens with zero attached hydrogens (tertiary/aromatic N) is 4. The maximum absolute atomic E-state index is 6.19. The molecule has 1 aliphatic heterocycles. The van der Waals surface area contributed by atoms with Gasteiger partial charge in [0.25, 0.3) is 0 Å². The molecule has 0 amide bonds. The Hall–Kier alpha value is -3.67. The lowest BCUT2D eigenvalue weighted by Gasteiger charge is -2.32. The van der Waals surface area contributed by atoms with Crippen molar-refractivity contribution in [2.24, 2.45) is 0 Å². The van der Waals surface area contributed by atoms with E-state index >= 15 is 0 Å². The number of anilines is 1. The third kappa shape index (κ3) is 5.11. The van der Waals surface area contributed by atoms with Crippen molar-refractivity contribution in [1.29, 1.82) is 0 Å². The first-order valence-corrected chi connectivity index (χ1v) is 11.6. The van der Waals surface area contributed by atoms with Crippen LogP contribution in [0.2, 0.25) is 0 Å². The van der Waals surface area contributed by atoms with Crippen LogP contribution in [0.5, 0.6) is 5.75 Å². The number of ether oxygens (including phenoxy) is 2. The maximum atomic E-state index is 6.19. The monoisotopic (exact) mass is 456 g/mol. The Morgan fingerprint density at radius 1 is 1.03 bits per heavy atom. The van der Waals surface area contributed by atoms with Crippen LogP contribution in [0.1, 0.15) is 50.6 Å². The van der Waals surface area contributed by atoms with Gasteiger partial charge in [-0.05, 0) is 67.8 Å². The molecule has 4 rings (SSSR count). The van der Waals surface area contributed by atoms with Gasteiger partial charge in [-0.15, -0.1) is 0 Å². The van der Waals surface area contributed by atoms with Crippen molar-refractivity contribution in [2.75, 3.05) is 18.6 Å². The average Bonchev–Trinajstić information content (AvgIpc) is 2.85. The molecule has 6 heteroatoms. The first-order valence-electron chi connectivity index (χ1n) is 11.6. The molecule has 1 aromatic carbocycles. The number of allylic oxidation sites excluding steroid dienone is 2. The minimum absolute atomic E-state index is 0.264. The number of pyridine rings is 1. The number of methoxy groups -OCH3 is 1. The van der Waals surface area contributed by atoms with Crippen LogP contribution < -0.4 is 9.64 Å². The van der Waals surface area contributed by atoms with Gasteiger partial charge in [0.05, 0.1) is 18.5 Å². The Morgan fingerprint density at radius 2 is 1.85 bits per heavy atom. The standard InChI is InChI=1S/C28H32N4O2/c1-18(2)28-29-11-10-24(31-28)25-14-26(19(3)15-30-25)32-16-20(4)27(12-21(32)5)34-17-22-8-7-9-23(13-22)33-6/h7-15,18H,16-17H2,1-6H3. The smallest absolute Gasteiger partial charge is 0.131 e. The van der Waals surface area contributed by atoms with Crippen molar-refractivity contribution < 1.29 is 9.47 Å². The first-order chi connectivity index (χ1) is 16.4. The van der Waals surface area contributed by atoms with E-state index in [9.17, 15) is 0 Å². The normalized spacial score (nSPS) is 13.9.